The van der Waals surface area contributed by atoms with E-state index in [-0.39, 0.29) is 21.9 Å². The lowest BCUT2D eigenvalue weighted by molar-refractivity contribution is -0.0113. The summed E-state index contributed by atoms with van der Waals surface area (Å²) in [4.78, 5) is 0. The van der Waals surface area contributed by atoms with Gasteiger partial charge in [0, 0.05) is 17.1 Å². The van der Waals surface area contributed by atoms with Crippen molar-refractivity contribution in [3.63, 3.8) is 0 Å². The third kappa shape index (κ3) is 2.89. The van der Waals surface area contributed by atoms with Gasteiger partial charge < -0.3 is 22.9 Å². The Bertz CT molecular complexity index is 359. The van der Waals surface area contributed by atoms with Gasteiger partial charge in [0.05, 0.1) is 0 Å². The van der Waals surface area contributed by atoms with Crippen molar-refractivity contribution < 1.29 is 0 Å². The van der Waals surface area contributed by atoms with E-state index in [0.29, 0.717) is 12.6 Å². The van der Waals surface area contributed by atoms with Crippen LogP contribution in [0.5, 0.6) is 0 Å². The summed E-state index contributed by atoms with van der Waals surface area (Å²) in [6.45, 7) is 7.57. The Balaban J connectivity index is 2.27. The molecule has 0 saturated heterocycles. The molecule has 2 atom stereocenters. The molecule has 20 heavy (non-hydrogen) atoms. The van der Waals surface area contributed by atoms with E-state index in [0.717, 1.165) is 44.9 Å². The highest BCUT2D eigenvalue weighted by atomic mass is 15.0. The predicted molar refractivity (Wildman–Crippen MR) is 85.1 cm³/mol. The van der Waals surface area contributed by atoms with Crippen molar-refractivity contribution >= 4 is 0 Å². The van der Waals surface area contributed by atoms with E-state index >= 15 is 0 Å². The minimum atomic E-state index is -0.316. The first-order valence-corrected chi connectivity index (χ1v) is 8.07. The fourth-order valence-electron chi connectivity index (χ4n) is 5.11. The lowest BCUT2D eigenvalue weighted by Crippen LogP contribution is -2.72. The van der Waals surface area contributed by atoms with Crippen molar-refractivity contribution in [3.05, 3.63) is 0 Å². The molecule has 118 valence electrons. The van der Waals surface area contributed by atoms with Gasteiger partial charge in [-0.2, -0.15) is 0 Å². The Morgan fingerprint density at radius 2 is 1.45 bits per heavy atom. The molecule has 4 heteroatoms. The summed E-state index contributed by atoms with van der Waals surface area (Å²) in [5.74, 6) is 0. The summed E-state index contributed by atoms with van der Waals surface area (Å²) < 4.78 is 0. The molecule has 0 aromatic carbocycles. The molecule has 0 heterocycles. The van der Waals surface area contributed by atoms with Crippen molar-refractivity contribution in [1.82, 2.24) is 0 Å². The van der Waals surface area contributed by atoms with Crippen LogP contribution >= 0.6 is 0 Å². The van der Waals surface area contributed by atoms with Gasteiger partial charge >= 0.3 is 0 Å². The average molecular weight is 282 g/mol. The van der Waals surface area contributed by atoms with Gasteiger partial charge in [0.25, 0.3) is 0 Å². The molecule has 2 rings (SSSR count). The minimum absolute atomic E-state index is 0.0996. The molecule has 2 fully saturated rings. The molecule has 0 amide bonds. The van der Waals surface area contributed by atoms with Crippen LogP contribution in [0.15, 0.2) is 0 Å². The number of rotatable bonds is 2. The van der Waals surface area contributed by atoms with Gasteiger partial charge in [0.15, 0.2) is 0 Å². The van der Waals surface area contributed by atoms with Gasteiger partial charge in [-0.25, -0.2) is 0 Å². The molecule has 4 nitrogen and oxygen atoms in total. The second-order valence-corrected chi connectivity index (χ2v) is 8.86. The van der Waals surface area contributed by atoms with Crippen LogP contribution in [0.25, 0.3) is 0 Å². The summed E-state index contributed by atoms with van der Waals surface area (Å²) in [5.41, 5.74) is 25.5. The van der Waals surface area contributed by atoms with Crippen molar-refractivity contribution in [3.8, 4) is 0 Å². The van der Waals surface area contributed by atoms with Crippen LogP contribution in [-0.2, 0) is 0 Å². The first kappa shape index (κ1) is 16.2. The maximum atomic E-state index is 6.92. The Hall–Kier alpha value is -0.160. The fraction of sp³-hybridized carbons (Fsp3) is 1.00. The standard InChI is InChI=1S/C16H34N4/c1-13(2)8-14(3,11-17)10-16(20,9-13)15(19)6-4-12(18)5-7-15/h12H,4-11,17-20H2,1-3H3. The van der Waals surface area contributed by atoms with Crippen LogP contribution in [0, 0.1) is 10.8 Å². The normalized spacial score (nSPS) is 49.0. The maximum absolute atomic E-state index is 6.92. The van der Waals surface area contributed by atoms with Crippen LogP contribution in [0.4, 0.5) is 0 Å². The zero-order chi connectivity index (χ0) is 15.2. The Morgan fingerprint density at radius 1 is 0.900 bits per heavy atom. The lowest BCUT2D eigenvalue weighted by Gasteiger charge is -2.59. The molecule has 0 aromatic rings. The largest absolute Gasteiger partial charge is 0.330 e. The maximum Gasteiger partial charge on any atom is 0.0347 e. The third-order valence-corrected chi connectivity index (χ3v) is 5.85. The van der Waals surface area contributed by atoms with Crippen LogP contribution < -0.4 is 22.9 Å². The van der Waals surface area contributed by atoms with Crippen molar-refractivity contribution in [2.45, 2.75) is 82.8 Å². The Kier molecular flexibility index (Phi) is 4.00. The monoisotopic (exact) mass is 282 g/mol. The van der Waals surface area contributed by atoms with Gasteiger partial charge in [-0.05, 0) is 62.3 Å². The van der Waals surface area contributed by atoms with Crippen LogP contribution in [0.1, 0.15) is 65.7 Å². The molecular formula is C16H34N4. The van der Waals surface area contributed by atoms with E-state index in [1.165, 1.54) is 0 Å². The third-order valence-electron chi connectivity index (χ3n) is 5.85. The highest BCUT2D eigenvalue weighted by Gasteiger charge is 2.55. The lowest BCUT2D eigenvalue weighted by atomic mass is 9.51. The highest BCUT2D eigenvalue weighted by Crippen LogP contribution is 2.53. The zero-order valence-corrected chi connectivity index (χ0v) is 13.5. The van der Waals surface area contributed by atoms with E-state index in [4.69, 9.17) is 22.9 Å². The van der Waals surface area contributed by atoms with E-state index in [9.17, 15) is 0 Å². The molecule has 2 aliphatic rings. The molecule has 0 aromatic heterocycles. The highest BCUT2D eigenvalue weighted by molar-refractivity contribution is 5.15. The average Bonchev–Trinajstić information content (AvgIpc) is 2.30. The van der Waals surface area contributed by atoms with Crippen molar-refractivity contribution in [2.75, 3.05) is 6.54 Å². The van der Waals surface area contributed by atoms with Crippen LogP contribution in [0.2, 0.25) is 0 Å². The summed E-state index contributed by atoms with van der Waals surface area (Å²) in [6.07, 6.45) is 6.94. The first-order chi connectivity index (χ1) is 9.03. The molecule has 0 spiro atoms. The second kappa shape index (κ2) is 4.94. The molecule has 0 bridgehead atoms. The molecule has 8 N–H and O–H groups in total. The summed E-state index contributed by atoms with van der Waals surface area (Å²) in [7, 11) is 0. The fourth-order valence-corrected chi connectivity index (χ4v) is 5.11. The molecular weight excluding hydrogens is 248 g/mol. The summed E-state index contributed by atoms with van der Waals surface area (Å²) in [5, 5.41) is 0. The van der Waals surface area contributed by atoms with E-state index in [2.05, 4.69) is 20.8 Å². The zero-order valence-electron chi connectivity index (χ0n) is 13.5. The second-order valence-electron chi connectivity index (χ2n) is 8.86. The number of nitrogens with two attached hydrogens (primary N) is 4. The first-order valence-electron chi connectivity index (χ1n) is 8.07. The summed E-state index contributed by atoms with van der Waals surface area (Å²) >= 11 is 0. The van der Waals surface area contributed by atoms with Gasteiger partial charge in [-0.1, -0.05) is 20.8 Å². The molecule has 2 saturated carbocycles. The van der Waals surface area contributed by atoms with Gasteiger partial charge in [-0.3, -0.25) is 0 Å². The van der Waals surface area contributed by atoms with E-state index in [1.54, 1.807) is 0 Å². The Labute approximate surface area is 124 Å². The number of hydrogen-bond acceptors (Lipinski definition) is 4. The van der Waals surface area contributed by atoms with E-state index < -0.39 is 0 Å². The topological polar surface area (TPSA) is 104 Å². The summed E-state index contributed by atoms with van der Waals surface area (Å²) in [6, 6.07) is 0.299. The predicted octanol–water partition coefficient (Wildman–Crippen LogP) is 1.46. The molecule has 0 aliphatic heterocycles. The van der Waals surface area contributed by atoms with Gasteiger partial charge in [-0.15, -0.1) is 0 Å². The smallest absolute Gasteiger partial charge is 0.0347 e. The van der Waals surface area contributed by atoms with Gasteiger partial charge in [0.1, 0.15) is 0 Å². The van der Waals surface area contributed by atoms with Crippen LogP contribution in [-0.4, -0.2) is 23.7 Å². The minimum Gasteiger partial charge on any atom is -0.330 e. The Morgan fingerprint density at radius 3 is 1.95 bits per heavy atom. The van der Waals surface area contributed by atoms with Gasteiger partial charge in [0.2, 0.25) is 0 Å². The van der Waals surface area contributed by atoms with Crippen molar-refractivity contribution in [1.29, 1.82) is 0 Å². The molecule has 0 radical (unpaired) electrons. The molecule has 2 aliphatic carbocycles. The quantitative estimate of drug-likeness (QED) is 0.615. The van der Waals surface area contributed by atoms with Crippen molar-refractivity contribution in [2.24, 2.45) is 33.8 Å². The van der Waals surface area contributed by atoms with Crippen LogP contribution in [0.3, 0.4) is 0 Å². The number of hydrogen-bond donors (Lipinski definition) is 4. The van der Waals surface area contributed by atoms with E-state index in [1.807, 2.05) is 0 Å². The SMILES string of the molecule is CC1(C)CC(C)(CN)CC(N)(C2(N)CCC(N)CC2)C1. The molecule has 2 unspecified atom stereocenters.